The molecule has 0 radical (unpaired) electrons. The lowest BCUT2D eigenvalue weighted by atomic mass is 9.97. The molecule has 3 aromatic rings. The molecule has 38 heavy (non-hydrogen) atoms. The summed E-state index contributed by atoms with van der Waals surface area (Å²) in [6, 6.07) is 8.94. The minimum atomic E-state index is -0.825. The predicted molar refractivity (Wildman–Crippen MR) is 140 cm³/mol. The lowest BCUT2D eigenvalue weighted by Gasteiger charge is -2.23. The normalized spacial score (nSPS) is 16.7. The first-order valence-electron chi connectivity index (χ1n) is 12.9. The van der Waals surface area contributed by atoms with Crippen LogP contribution in [-0.2, 0) is 11.4 Å². The second-order valence-corrected chi connectivity index (χ2v) is 11.2. The minimum Gasteiger partial charge on any atom is -0.487 e. The fourth-order valence-electron chi connectivity index (χ4n) is 4.55. The highest BCUT2D eigenvalue weighted by molar-refractivity contribution is 8.00. The first-order valence-corrected chi connectivity index (χ1v) is 13.9. The van der Waals surface area contributed by atoms with E-state index in [4.69, 9.17) is 18.7 Å². The lowest BCUT2D eigenvalue weighted by Crippen LogP contribution is -2.20. The van der Waals surface area contributed by atoms with Crippen LogP contribution in [0.3, 0.4) is 0 Å². The molecule has 2 saturated carbocycles. The molecule has 0 amide bonds. The maximum Gasteiger partial charge on any atom is 0.304 e. The molecule has 2 aliphatic carbocycles. The average molecular weight is 543 g/mol. The standard InChI is InChI=1S/C28H31FN2O6S/c1-34-25-13-21(22(29)15-30-25)27-28(36-18-7-3-2-4-8-18)23(31-37-27)16-35-19-9-5-6-17(12-19)24(14-26(32)33)38-20-10-11-20/h5-6,9,12-13,15,18,20,24H,2-4,7-8,10-11,14,16H2,1H3,(H,32,33). The Morgan fingerprint density at radius 2 is 2.03 bits per heavy atom. The van der Waals surface area contributed by atoms with Gasteiger partial charge < -0.3 is 23.8 Å². The Bertz CT molecular complexity index is 1260. The highest BCUT2D eigenvalue weighted by Crippen LogP contribution is 2.45. The molecular formula is C28H31FN2O6S. The van der Waals surface area contributed by atoms with Crippen LogP contribution in [0.25, 0.3) is 11.3 Å². The van der Waals surface area contributed by atoms with Crippen LogP contribution >= 0.6 is 11.8 Å². The van der Waals surface area contributed by atoms with Crippen LogP contribution in [0.5, 0.6) is 17.4 Å². The van der Waals surface area contributed by atoms with Gasteiger partial charge in [0.05, 0.1) is 31.4 Å². The molecule has 2 fully saturated rings. The zero-order valence-electron chi connectivity index (χ0n) is 21.2. The van der Waals surface area contributed by atoms with Crippen molar-refractivity contribution in [3.05, 3.63) is 53.6 Å². The molecule has 5 rings (SSSR count). The molecular weight excluding hydrogens is 511 g/mol. The fraction of sp³-hybridized carbons (Fsp3) is 0.464. The summed E-state index contributed by atoms with van der Waals surface area (Å²) in [6.45, 7) is 0.0399. The number of carbonyl (C=O) groups is 1. The number of pyridine rings is 1. The Morgan fingerprint density at radius 3 is 2.76 bits per heavy atom. The number of methoxy groups -OCH3 is 1. The van der Waals surface area contributed by atoms with E-state index in [1.807, 2.05) is 24.3 Å². The van der Waals surface area contributed by atoms with E-state index in [1.54, 1.807) is 11.8 Å². The molecule has 1 aromatic carbocycles. The fourth-order valence-corrected chi connectivity index (χ4v) is 5.97. The molecule has 1 N–H and O–H groups in total. The highest BCUT2D eigenvalue weighted by Gasteiger charge is 2.29. The van der Waals surface area contributed by atoms with Gasteiger partial charge in [0.2, 0.25) is 11.6 Å². The third-order valence-corrected chi connectivity index (χ3v) is 8.31. The number of carboxylic acid groups (broad SMARTS) is 1. The summed E-state index contributed by atoms with van der Waals surface area (Å²) in [5, 5.41) is 14.0. The minimum absolute atomic E-state index is 0.0213. The molecule has 1 unspecified atom stereocenters. The maximum atomic E-state index is 14.8. The van der Waals surface area contributed by atoms with Crippen LogP contribution in [0.4, 0.5) is 4.39 Å². The molecule has 2 heterocycles. The number of aliphatic carboxylic acids is 1. The van der Waals surface area contributed by atoms with Crippen molar-refractivity contribution >= 4 is 17.7 Å². The van der Waals surface area contributed by atoms with Crippen LogP contribution in [0.1, 0.15) is 67.9 Å². The summed E-state index contributed by atoms with van der Waals surface area (Å²) in [5.41, 5.74) is 1.48. The second kappa shape index (κ2) is 12.1. The quantitative estimate of drug-likeness (QED) is 0.271. The summed E-state index contributed by atoms with van der Waals surface area (Å²) in [5.74, 6) is -0.0470. The number of thioether (sulfide) groups is 1. The van der Waals surface area contributed by atoms with Gasteiger partial charge in [0, 0.05) is 16.6 Å². The smallest absolute Gasteiger partial charge is 0.304 e. The number of carboxylic acids is 1. The van der Waals surface area contributed by atoms with Crippen LogP contribution in [0.15, 0.2) is 41.1 Å². The Balaban J connectivity index is 1.38. The summed E-state index contributed by atoms with van der Waals surface area (Å²) in [6.07, 6.45) is 8.46. The summed E-state index contributed by atoms with van der Waals surface area (Å²) in [7, 11) is 1.46. The Morgan fingerprint density at radius 1 is 1.21 bits per heavy atom. The van der Waals surface area contributed by atoms with Crippen LogP contribution in [-0.4, -0.2) is 39.7 Å². The number of aromatic nitrogens is 2. The van der Waals surface area contributed by atoms with Gasteiger partial charge in [-0.2, -0.15) is 0 Å². The third kappa shape index (κ3) is 6.59. The molecule has 2 aromatic heterocycles. The molecule has 10 heteroatoms. The van der Waals surface area contributed by atoms with Crippen molar-refractivity contribution in [1.29, 1.82) is 0 Å². The van der Waals surface area contributed by atoms with E-state index in [2.05, 4.69) is 10.1 Å². The average Bonchev–Trinajstić information content (AvgIpc) is 3.66. The van der Waals surface area contributed by atoms with Gasteiger partial charge in [-0.1, -0.05) is 23.7 Å². The van der Waals surface area contributed by atoms with Gasteiger partial charge in [0.1, 0.15) is 12.4 Å². The van der Waals surface area contributed by atoms with E-state index in [-0.39, 0.29) is 41.6 Å². The monoisotopic (exact) mass is 542 g/mol. The summed E-state index contributed by atoms with van der Waals surface area (Å²) in [4.78, 5) is 15.4. The topological polar surface area (TPSA) is 104 Å². The third-order valence-electron chi connectivity index (χ3n) is 6.68. The van der Waals surface area contributed by atoms with E-state index in [0.29, 0.717) is 22.4 Å². The van der Waals surface area contributed by atoms with Crippen molar-refractivity contribution in [1.82, 2.24) is 10.1 Å². The molecule has 1 atom stereocenters. The van der Waals surface area contributed by atoms with Crippen LogP contribution in [0, 0.1) is 5.82 Å². The van der Waals surface area contributed by atoms with Crippen molar-refractivity contribution in [3.8, 4) is 28.7 Å². The summed E-state index contributed by atoms with van der Waals surface area (Å²) < 4.78 is 38.0. The molecule has 8 nitrogen and oxygen atoms in total. The number of rotatable bonds is 12. The largest absolute Gasteiger partial charge is 0.487 e. The van der Waals surface area contributed by atoms with Crippen molar-refractivity contribution in [3.63, 3.8) is 0 Å². The molecule has 2 aliphatic rings. The maximum absolute atomic E-state index is 14.8. The molecule has 0 bridgehead atoms. The number of nitrogens with zero attached hydrogens (tertiary/aromatic N) is 2. The van der Waals surface area contributed by atoms with Crippen molar-refractivity contribution in [2.24, 2.45) is 0 Å². The second-order valence-electron chi connectivity index (χ2n) is 9.66. The van der Waals surface area contributed by atoms with E-state index in [0.717, 1.165) is 50.3 Å². The van der Waals surface area contributed by atoms with Gasteiger partial charge in [0.25, 0.3) is 0 Å². The first kappa shape index (κ1) is 26.3. The SMILES string of the molecule is COc1cc(-c2onc(COc3cccc(C(CC(=O)O)SC4CC4)c3)c2OC2CCCCC2)c(F)cn1. The number of benzene rings is 1. The molecule has 0 spiro atoms. The summed E-state index contributed by atoms with van der Waals surface area (Å²) >= 11 is 1.71. The zero-order valence-corrected chi connectivity index (χ0v) is 22.0. The van der Waals surface area contributed by atoms with Gasteiger partial charge in [-0.15, -0.1) is 11.8 Å². The number of hydrogen-bond acceptors (Lipinski definition) is 8. The molecule has 202 valence electrons. The highest BCUT2D eigenvalue weighted by atomic mass is 32.2. The van der Waals surface area contributed by atoms with Crippen molar-refractivity contribution in [2.45, 2.75) is 74.6 Å². The Kier molecular flexibility index (Phi) is 8.36. The van der Waals surface area contributed by atoms with E-state index in [1.165, 1.54) is 19.6 Å². The van der Waals surface area contributed by atoms with Gasteiger partial charge in [-0.3, -0.25) is 4.79 Å². The Hall–Kier alpha value is -3.27. The Labute approximate surface area is 224 Å². The van der Waals surface area contributed by atoms with Gasteiger partial charge in [-0.05, 0) is 56.2 Å². The van der Waals surface area contributed by atoms with Crippen LogP contribution < -0.4 is 14.2 Å². The molecule has 0 saturated heterocycles. The van der Waals surface area contributed by atoms with E-state index < -0.39 is 11.8 Å². The van der Waals surface area contributed by atoms with Crippen molar-refractivity contribution in [2.75, 3.05) is 7.11 Å². The van der Waals surface area contributed by atoms with Crippen molar-refractivity contribution < 1.29 is 33.0 Å². The number of ether oxygens (including phenoxy) is 3. The van der Waals surface area contributed by atoms with Gasteiger partial charge >= 0.3 is 5.97 Å². The van der Waals surface area contributed by atoms with E-state index in [9.17, 15) is 14.3 Å². The van der Waals surface area contributed by atoms with Gasteiger partial charge in [0.15, 0.2) is 17.3 Å². The van der Waals surface area contributed by atoms with E-state index >= 15 is 0 Å². The lowest BCUT2D eigenvalue weighted by molar-refractivity contribution is -0.137. The molecule has 0 aliphatic heterocycles. The number of hydrogen-bond donors (Lipinski definition) is 1. The zero-order chi connectivity index (χ0) is 26.5. The predicted octanol–water partition coefficient (Wildman–Crippen LogP) is 6.59. The number of halogens is 1. The van der Waals surface area contributed by atoms with Gasteiger partial charge in [-0.25, -0.2) is 9.37 Å². The first-order chi connectivity index (χ1) is 18.5. The van der Waals surface area contributed by atoms with Crippen LogP contribution in [0.2, 0.25) is 0 Å².